The monoisotopic (exact) mass is 179 g/mol. The van der Waals surface area contributed by atoms with Crippen LogP contribution in [0.15, 0.2) is 23.8 Å². The van der Waals surface area contributed by atoms with Gasteiger partial charge in [-0.15, -0.1) is 0 Å². The molecule has 0 fully saturated rings. The predicted molar refractivity (Wildman–Crippen MR) is 58.4 cm³/mol. The molecule has 74 valence electrons. The second-order valence-electron chi connectivity index (χ2n) is 4.34. The van der Waals surface area contributed by atoms with E-state index < -0.39 is 0 Å². The molecule has 0 amide bonds. The summed E-state index contributed by atoms with van der Waals surface area (Å²) in [6.45, 7) is 6.63. The van der Waals surface area contributed by atoms with E-state index in [1.54, 1.807) is 0 Å². The van der Waals surface area contributed by atoms with E-state index in [1.165, 1.54) is 18.4 Å². The van der Waals surface area contributed by atoms with Crippen LogP contribution < -0.4 is 5.73 Å². The minimum absolute atomic E-state index is 0.276. The zero-order chi connectivity index (χ0) is 9.84. The fraction of sp³-hybridized carbons (Fsp3) is 0.667. The molecule has 0 heterocycles. The van der Waals surface area contributed by atoms with Gasteiger partial charge in [0.15, 0.2) is 0 Å². The van der Waals surface area contributed by atoms with Gasteiger partial charge in [-0.1, -0.05) is 37.6 Å². The van der Waals surface area contributed by atoms with Gasteiger partial charge in [0.1, 0.15) is 0 Å². The summed E-state index contributed by atoms with van der Waals surface area (Å²) in [6.07, 6.45) is 9.01. The van der Waals surface area contributed by atoms with Gasteiger partial charge in [0.2, 0.25) is 0 Å². The molecule has 1 aliphatic rings. The highest BCUT2D eigenvalue weighted by atomic mass is 14.6. The number of hydrogen-bond acceptors (Lipinski definition) is 1. The average molecular weight is 179 g/mol. The Morgan fingerprint density at radius 2 is 2.00 bits per heavy atom. The third kappa shape index (κ3) is 2.70. The lowest BCUT2D eigenvalue weighted by Gasteiger charge is -2.28. The molecule has 2 unspecified atom stereocenters. The molecule has 2 atom stereocenters. The number of nitrogens with two attached hydrogens (primary N) is 1. The third-order valence-electron chi connectivity index (χ3n) is 2.76. The smallest absolute Gasteiger partial charge is 0.00786 e. The maximum atomic E-state index is 6.00. The molecule has 0 bridgehead atoms. The molecule has 0 spiro atoms. The zero-order valence-corrected chi connectivity index (χ0v) is 8.96. The molecule has 1 nitrogen and oxygen atoms in total. The van der Waals surface area contributed by atoms with E-state index in [2.05, 4.69) is 39.0 Å². The van der Waals surface area contributed by atoms with Crippen LogP contribution in [0, 0.1) is 11.8 Å². The zero-order valence-electron chi connectivity index (χ0n) is 8.96. The summed E-state index contributed by atoms with van der Waals surface area (Å²) in [5.74, 6) is 1.21. The maximum absolute atomic E-state index is 6.00. The fourth-order valence-electron chi connectivity index (χ4n) is 2.27. The summed E-state index contributed by atoms with van der Waals surface area (Å²) >= 11 is 0. The normalized spacial score (nSPS) is 21.5. The quantitative estimate of drug-likeness (QED) is 0.708. The molecule has 0 saturated carbocycles. The van der Waals surface area contributed by atoms with E-state index in [-0.39, 0.29) is 6.04 Å². The lowest BCUT2D eigenvalue weighted by molar-refractivity contribution is 0.374. The van der Waals surface area contributed by atoms with E-state index in [4.69, 9.17) is 5.73 Å². The molecular formula is C12H21N. The van der Waals surface area contributed by atoms with Crippen molar-refractivity contribution in [1.29, 1.82) is 0 Å². The van der Waals surface area contributed by atoms with E-state index in [9.17, 15) is 0 Å². The van der Waals surface area contributed by atoms with E-state index in [1.807, 2.05) is 0 Å². The van der Waals surface area contributed by atoms with E-state index in [0.29, 0.717) is 11.8 Å². The van der Waals surface area contributed by atoms with Gasteiger partial charge in [0, 0.05) is 6.04 Å². The molecule has 1 aliphatic carbocycles. The second kappa shape index (κ2) is 4.61. The van der Waals surface area contributed by atoms with Crippen LogP contribution in [0.3, 0.4) is 0 Å². The number of allylic oxidation sites excluding steroid dienone is 3. The Morgan fingerprint density at radius 3 is 2.38 bits per heavy atom. The molecule has 2 N–H and O–H groups in total. The van der Waals surface area contributed by atoms with Crippen LogP contribution in [0.25, 0.3) is 0 Å². The van der Waals surface area contributed by atoms with Gasteiger partial charge < -0.3 is 5.73 Å². The van der Waals surface area contributed by atoms with Crippen LogP contribution in [0.5, 0.6) is 0 Å². The highest BCUT2D eigenvalue weighted by Crippen LogP contribution is 2.28. The van der Waals surface area contributed by atoms with Crippen molar-refractivity contribution in [2.75, 3.05) is 0 Å². The number of rotatable bonds is 3. The van der Waals surface area contributed by atoms with E-state index in [0.717, 1.165) is 0 Å². The predicted octanol–water partition coefficient (Wildman–Crippen LogP) is 2.88. The minimum atomic E-state index is 0.276. The van der Waals surface area contributed by atoms with Crippen molar-refractivity contribution in [1.82, 2.24) is 0 Å². The van der Waals surface area contributed by atoms with Crippen molar-refractivity contribution < 1.29 is 0 Å². The Hall–Kier alpha value is -0.560. The molecular weight excluding hydrogens is 158 g/mol. The summed E-state index contributed by atoms with van der Waals surface area (Å²) in [5.41, 5.74) is 7.54. The van der Waals surface area contributed by atoms with Crippen LogP contribution in [0.1, 0.15) is 33.6 Å². The fourth-order valence-corrected chi connectivity index (χ4v) is 2.27. The molecule has 0 aromatic rings. The van der Waals surface area contributed by atoms with Crippen molar-refractivity contribution in [3.8, 4) is 0 Å². The van der Waals surface area contributed by atoms with Crippen LogP contribution in [-0.2, 0) is 0 Å². The largest absolute Gasteiger partial charge is 0.327 e. The first-order valence-corrected chi connectivity index (χ1v) is 5.24. The Balaban J connectivity index is 2.74. The Bertz CT molecular complexity index is 203. The Morgan fingerprint density at radius 1 is 1.31 bits per heavy atom. The van der Waals surface area contributed by atoms with Gasteiger partial charge in [-0.2, -0.15) is 0 Å². The SMILES string of the molecule is CC(C)C(C1=CC=CCC1)C(C)N. The highest BCUT2D eigenvalue weighted by Gasteiger charge is 2.21. The van der Waals surface area contributed by atoms with Gasteiger partial charge in [-0.25, -0.2) is 0 Å². The van der Waals surface area contributed by atoms with Crippen molar-refractivity contribution in [2.45, 2.75) is 39.7 Å². The minimum Gasteiger partial charge on any atom is -0.327 e. The van der Waals surface area contributed by atoms with Crippen molar-refractivity contribution in [3.05, 3.63) is 23.8 Å². The maximum Gasteiger partial charge on any atom is 0.00786 e. The average Bonchev–Trinajstić information content (AvgIpc) is 2.04. The topological polar surface area (TPSA) is 26.0 Å². The number of hydrogen-bond donors (Lipinski definition) is 1. The first kappa shape index (κ1) is 10.5. The highest BCUT2D eigenvalue weighted by molar-refractivity contribution is 5.21. The molecule has 13 heavy (non-hydrogen) atoms. The molecule has 0 aromatic heterocycles. The first-order chi connectivity index (χ1) is 6.13. The Kier molecular flexibility index (Phi) is 3.73. The third-order valence-corrected chi connectivity index (χ3v) is 2.76. The second-order valence-corrected chi connectivity index (χ2v) is 4.34. The first-order valence-electron chi connectivity index (χ1n) is 5.24. The van der Waals surface area contributed by atoms with Crippen LogP contribution in [0.4, 0.5) is 0 Å². The summed E-state index contributed by atoms with van der Waals surface area (Å²) in [6, 6.07) is 0.276. The van der Waals surface area contributed by atoms with Crippen molar-refractivity contribution in [2.24, 2.45) is 17.6 Å². The molecule has 0 radical (unpaired) electrons. The van der Waals surface area contributed by atoms with Crippen LogP contribution >= 0.6 is 0 Å². The molecule has 1 rings (SSSR count). The molecule has 0 aliphatic heterocycles. The standard InChI is InChI=1S/C12H21N/c1-9(2)12(10(3)13)11-7-5-4-6-8-11/h4-5,7,9-10,12H,6,8,13H2,1-3H3. The molecule has 0 aromatic carbocycles. The van der Waals surface area contributed by atoms with Crippen LogP contribution in [0.2, 0.25) is 0 Å². The molecule has 0 saturated heterocycles. The lowest BCUT2D eigenvalue weighted by Crippen LogP contribution is -2.32. The van der Waals surface area contributed by atoms with Crippen molar-refractivity contribution in [3.63, 3.8) is 0 Å². The van der Waals surface area contributed by atoms with Crippen molar-refractivity contribution >= 4 is 0 Å². The summed E-state index contributed by atoms with van der Waals surface area (Å²) < 4.78 is 0. The summed E-state index contributed by atoms with van der Waals surface area (Å²) in [5, 5.41) is 0. The lowest BCUT2D eigenvalue weighted by atomic mass is 9.80. The van der Waals surface area contributed by atoms with Gasteiger partial charge in [0.05, 0.1) is 0 Å². The van der Waals surface area contributed by atoms with Gasteiger partial charge in [-0.05, 0) is 31.6 Å². The van der Waals surface area contributed by atoms with Gasteiger partial charge >= 0.3 is 0 Å². The Labute approximate surface area is 81.7 Å². The molecule has 1 heteroatoms. The van der Waals surface area contributed by atoms with Gasteiger partial charge in [0.25, 0.3) is 0 Å². The van der Waals surface area contributed by atoms with Gasteiger partial charge in [-0.3, -0.25) is 0 Å². The summed E-state index contributed by atoms with van der Waals surface area (Å²) in [4.78, 5) is 0. The summed E-state index contributed by atoms with van der Waals surface area (Å²) in [7, 11) is 0. The van der Waals surface area contributed by atoms with Crippen LogP contribution in [-0.4, -0.2) is 6.04 Å². The van der Waals surface area contributed by atoms with E-state index >= 15 is 0 Å².